The summed E-state index contributed by atoms with van der Waals surface area (Å²) in [6.07, 6.45) is 1.71. The van der Waals surface area contributed by atoms with Gasteiger partial charge < -0.3 is 24.3 Å². The maximum absolute atomic E-state index is 12.3. The number of benzene rings is 3. The van der Waals surface area contributed by atoms with Crippen LogP contribution in [0.2, 0.25) is 5.04 Å². The number of hydrogen-bond acceptors (Lipinski definition) is 9. The molecule has 0 saturated heterocycles. The van der Waals surface area contributed by atoms with E-state index in [0.717, 1.165) is 18.4 Å². The molecule has 0 fully saturated rings. The average Bonchev–Trinajstić information content (AvgIpc) is 3.44. The zero-order valence-corrected chi connectivity index (χ0v) is 33.4. The molecule has 0 aliphatic heterocycles. The summed E-state index contributed by atoms with van der Waals surface area (Å²) >= 11 is 2.11. The zero-order chi connectivity index (χ0) is 37.5. The van der Waals surface area contributed by atoms with Gasteiger partial charge in [-0.15, -0.1) is 0 Å². The summed E-state index contributed by atoms with van der Waals surface area (Å²) in [4.78, 5) is 33.3. The molecule has 0 bridgehead atoms. The van der Waals surface area contributed by atoms with E-state index in [1.54, 1.807) is 10.7 Å². The van der Waals surface area contributed by atoms with Gasteiger partial charge in [0.1, 0.15) is 20.5 Å². The number of anilines is 2. The molecule has 12 nitrogen and oxygen atoms in total. The van der Waals surface area contributed by atoms with Gasteiger partial charge in [-0.2, -0.15) is 10.1 Å². The zero-order valence-electron chi connectivity index (χ0n) is 30.3. The number of methoxy groups -OCH3 is 2. The molecule has 274 valence electrons. The smallest absolute Gasteiger partial charge is 0.413 e. The van der Waals surface area contributed by atoms with Gasteiger partial charge in [0.2, 0.25) is 5.95 Å². The van der Waals surface area contributed by atoms with E-state index in [4.69, 9.17) is 24.0 Å². The normalized spacial score (nSPS) is 12.4. The molecule has 14 heteroatoms. The fourth-order valence-corrected chi connectivity index (χ4v) is 11.8. The SMILES string of the molecule is CCCC(CCO[Si](c1ccccc1)(c1ccccc1)C(C)(C)C)Nc1nc(NC(=O)OC)nc2c(I)nn(Cc3ccc(C(=O)O)cc3OC)c12. The van der Waals surface area contributed by atoms with Crippen LogP contribution >= 0.6 is 22.6 Å². The first kappa shape index (κ1) is 38.7. The van der Waals surface area contributed by atoms with Gasteiger partial charge in [0.05, 0.1) is 26.3 Å². The molecule has 0 aliphatic carbocycles. The van der Waals surface area contributed by atoms with E-state index < -0.39 is 20.4 Å². The number of carboxylic acids is 1. The van der Waals surface area contributed by atoms with E-state index in [1.165, 1.54) is 36.7 Å². The molecule has 2 aromatic heterocycles. The lowest BCUT2D eigenvalue weighted by atomic mass is 10.1. The summed E-state index contributed by atoms with van der Waals surface area (Å²) in [5.41, 5.74) is 2.00. The summed E-state index contributed by atoms with van der Waals surface area (Å²) < 4.78 is 20.0. The number of fused-ring (bicyclic) bond motifs is 1. The predicted molar refractivity (Wildman–Crippen MR) is 214 cm³/mol. The minimum absolute atomic E-state index is 0.0577. The molecule has 1 atom stereocenters. The van der Waals surface area contributed by atoms with Crippen molar-refractivity contribution in [3.63, 3.8) is 0 Å². The van der Waals surface area contributed by atoms with Crippen LogP contribution in [0, 0.1) is 3.70 Å². The Morgan fingerprint density at radius 1 is 0.962 bits per heavy atom. The molecule has 2 heterocycles. The lowest BCUT2D eigenvalue weighted by Gasteiger charge is -2.43. The predicted octanol–water partition coefficient (Wildman–Crippen LogP) is 6.91. The molecule has 1 amide bonds. The van der Waals surface area contributed by atoms with Crippen molar-refractivity contribution in [1.29, 1.82) is 0 Å². The first-order valence-corrected chi connectivity index (χ1v) is 20.1. The van der Waals surface area contributed by atoms with Crippen LogP contribution in [0.25, 0.3) is 11.0 Å². The highest BCUT2D eigenvalue weighted by Gasteiger charge is 2.50. The van der Waals surface area contributed by atoms with E-state index in [-0.39, 0.29) is 29.1 Å². The Morgan fingerprint density at radius 2 is 1.62 bits per heavy atom. The molecule has 0 radical (unpaired) electrons. The highest BCUT2D eigenvalue weighted by Crippen LogP contribution is 2.37. The van der Waals surface area contributed by atoms with Crippen LogP contribution in [0.3, 0.4) is 0 Å². The molecule has 52 heavy (non-hydrogen) atoms. The lowest BCUT2D eigenvalue weighted by molar-refractivity contribution is 0.0696. The molecule has 5 aromatic rings. The molecule has 0 saturated carbocycles. The number of amides is 1. The Labute approximate surface area is 318 Å². The molecular formula is C38H45IN6O6Si. The topological polar surface area (TPSA) is 150 Å². The van der Waals surface area contributed by atoms with Gasteiger partial charge in [0.15, 0.2) is 5.82 Å². The van der Waals surface area contributed by atoms with Crippen LogP contribution in [0.1, 0.15) is 62.9 Å². The van der Waals surface area contributed by atoms with Crippen molar-refractivity contribution < 1.29 is 28.6 Å². The second-order valence-electron chi connectivity index (χ2n) is 13.4. The molecule has 3 aromatic carbocycles. The van der Waals surface area contributed by atoms with Crippen molar-refractivity contribution in [2.75, 3.05) is 31.5 Å². The summed E-state index contributed by atoms with van der Waals surface area (Å²) in [5, 5.41) is 22.9. The number of hydrogen-bond donors (Lipinski definition) is 3. The van der Waals surface area contributed by atoms with E-state index in [0.29, 0.717) is 39.3 Å². The first-order chi connectivity index (χ1) is 24.9. The highest BCUT2D eigenvalue weighted by atomic mass is 127. The number of aromatic carboxylic acids is 1. The number of carbonyl (C=O) groups excluding carboxylic acids is 1. The third kappa shape index (κ3) is 8.39. The third-order valence-electron chi connectivity index (χ3n) is 8.98. The van der Waals surface area contributed by atoms with Gasteiger partial charge in [0, 0.05) is 18.2 Å². The monoisotopic (exact) mass is 836 g/mol. The number of ether oxygens (including phenoxy) is 2. The Hall–Kier alpha value is -4.54. The van der Waals surface area contributed by atoms with Crippen LogP contribution in [-0.4, -0.2) is 72.1 Å². The van der Waals surface area contributed by atoms with Crippen molar-refractivity contribution in [1.82, 2.24) is 19.7 Å². The second kappa shape index (κ2) is 16.9. The van der Waals surface area contributed by atoms with E-state index in [9.17, 15) is 14.7 Å². The van der Waals surface area contributed by atoms with E-state index in [1.807, 2.05) is 12.1 Å². The molecule has 5 rings (SSSR count). The Morgan fingerprint density at radius 3 is 2.17 bits per heavy atom. The van der Waals surface area contributed by atoms with Crippen LogP contribution in [0.5, 0.6) is 5.75 Å². The number of rotatable bonds is 15. The molecular weight excluding hydrogens is 791 g/mol. The quantitative estimate of drug-likeness (QED) is 0.0751. The number of nitrogens with one attached hydrogen (secondary N) is 2. The van der Waals surface area contributed by atoms with Crippen LogP contribution in [-0.2, 0) is 15.7 Å². The maximum Gasteiger partial charge on any atom is 0.413 e. The van der Waals surface area contributed by atoms with Gasteiger partial charge in [-0.3, -0.25) is 10.00 Å². The van der Waals surface area contributed by atoms with Gasteiger partial charge in [-0.1, -0.05) is 101 Å². The Bertz CT molecular complexity index is 1970. The van der Waals surface area contributed by atoms with Crippen molar-refractivity contribution in [3.8, 4) is 5.75 Å². The van der Waals surface area contributed by atoms with Gasteiger partial charge in [-0.25, -0.2) is 14.6 Å². The maximum atomic E-state index is 12.3. The minimum Gasteiger partial charge on any atom is -0.496 e. The van der Waals surface area contributed by atoms with Gasteiger partial charge in [0.25, 0.3) is 8.32 Å². The van der Waals surface area contributed by atoms with Crippen LogP contribution < -0.4 is 25.7 Å². The molecule has 0 spiro atoms. The largest absolute Gasteiger partial charge is 0.496 e. The minimum atomic E-state index is -2.75. The summed E-state index contributed by atoms with van der Waals surface area (Å²) in [6, 6.07) is 25.8. The van der Waals surface area contributed by atoms with Gasteiger partial charge in [-0.05, 0) is 63.0 Å². The van der Waals surface area contributed by atoms with Crippen molar-refractivity contribution in [3.05, 3.63) is 93.7 Å². The fourth-order valence-electron chi connectivity index (χ4n) is 6.58. The van der Waals surface area contributed by atoms with Crippen LogP contribution in [0.15, 0.2) is 78.9 Å². The summed E-state index contributed by atoms with van der Waals surface area (Å²) in [7, 11) is 0.0250. The first-order valence-electron chi connectivity index (χ1n) is 17.1. The number of nitrogens with zero attached hydrogens (tertiary/aromatic N) is 4. The fraction of sp³-hybridized carbons (Fsp3) is 0.342. The summed E-state index contributed by atoms with van der Waals surface area (Å²) in [5.74, 6) is -0.0731. The van der Waals surface area contributed by atoms with Crippen LogP contribution in [0.4, 0.5) is 16.6 Å². The number of carbonyl (C=O) groups is 2. The molecule has 0 aliphatic rings. The standard InChI is InChI=1S/C38H45IN6O6Si/c1-7-14-27(21-22-51-52(38(2,3)4,28-15-10-8-11-16-28)29-17-12-9-13-18-29)40-34-32-31(41-36(42-34)43-37(48)50-6)33(39)44-45(32)24-26-20-19-25(35(46)47)23-30(26)49-5/h8-13,15-20,23,27H,7,14,21-22,24H2,1-6H3,(H,46,47)(H2,40,41,42,43,48). The third-order valence-corrected chi connectivity index (χ3v) is 14.7. The molecule has 3 N–H and O–H groups in total. The van der Waals surface area contributed by atoms with E-state index in [2.05, 4.69) is 114 Å². The summed E-state index contributed by atoms with van der Waals surface area (Å²) in [6.45, 7) is 9.68. The number of aromatic nitrogens is 4. The van der Waals surface area contributed by atoms with Gasteiger partial charge >= 0.3 is 12.1 Å². The van der Waals surface area contributed by atoms with Crippen molar-refractivity contribution in [2.45, 2.75) is 64.6 Å². The number of halogens is 1. The lowest BCUT2D eigenvalue weighted by Crippen LogP contribution is -2.66. The number of carboxylic acid groups (broad SMARTS) is 1. The Balaban J connectivity index is 1.52. The second-order valence-corrected chi connectivity index (χ2v) is 18.7. The Kier molecular flexibility index (Phi) is 12.5. The highest BCUT2D eigenvalue weighted by molar-refractivity contribution is 14.1. The average molecular weight is 837 g/mol. The molecule has 1 unspecified atom stereocenters. The van der Waals surface area contributed by atoms with Crippen molar-refractivity contribution >= 4 is 76.1 Å². The van der Waals surface area contributed by atoms with E-state index >= 15 is 0 Å². The van der Waals surface area contributed by atoms with Crippen molar-refractivity contribution in [2.24, 2.45) is 0 Å².